The Morgan fingerprint density at radius 2 is 2.11 bits per heavy atom. The number of nitrogens with one attached hydrogen (secondary N) is 3. The first kappa shape index (κ1) is 12.5. The van der Waals surface area contributed by atoms with E-state index in [0.29, 0.717) is 12.8 Å². The Morgan fingerprint density at radius 1 is 1.39 bits per heavy atom. The van der Waals surface area contributed by atoms with Gasteiger partial charge in [0.05, 0.1) is 18.0 Å². The van der Waals surface area contributed by atoms with E-state index in [0.717, 1.165) is 0 Å². The molecular formula is C11H16N4O3. The maximum absolute atomic E-state index is 11.9. The highest BCUT2D eigenvalue weighted by Crippen LogP contribution is 2.19. The average molecular weight is 252 g/mol. The highest BCUT2D eigenvalue weighted by molar-refractivity contribution is 6.43. The van der Waals surface area contributed by atoms with Crippen molar-refractivity contribution < 1.29 is 14.4 Å². The molecule has 0 bridgehead atoms. The molecule has 3 amide bonds. The lowest BCUT2D eigenvalue weighted by atomic mass is 9.86. The zero-order chi connectivity index (χ0) is 13.3. The molecule has 1 fully saturated rings. The summed E-state index contributed by atoms with van der Waals surface area (Å²) in [4.78, 5) is 34.1. The van der Waals surface area contributed by atoms with E-state index >= 15 is 0 Å². The summed E-state index contributed by atoms with van der Waals surface area (Å²) in [6.07, 6.45) is 0.975. The summed E-state index contributed by atoms with van der Waals surface area (Å²) in [6, 6.07) is -0.166. The van der Waals surface area contributed by atoms with Gasteiger partial charge < -0.3 is 10.6 Å². The van der Waals surface area contributed by atoms with Crippen LogP contribution in [0, 0.1) is 0 Å². The van der Waals surface area contributed by atoms with Gasteiger partial charge in [-0.15, -0.1) is 0 Å². The minimum Gasteiger partial charge on any atom is -0.349 e. The first-order chi connectivity index (χ1) is 8.38. The zero-order valence-corrected chi connectivity index (χ0v) is 10.4. The lowest BCUT2D eigenvalue weighted by molar-refractivity contribution is -0.127. The van der Waals surface area contributed by atoms with E-state index < -0.39 is 5.54 Å². The highest BCUT2D eigenvalue weighted by atomic mass is 16.2. The van der Waals surface area contributed by atoms with Crippen LogP contribution in [0.2, 0.25) is 0 Å². The van der Waals surface area contributed by atoms with Crippen LogP contribution in [-0.4, -0.2) is 35.0 Å². The molecule has 0 spiro atoms. The molecule has 1 unspecified atom stereocenters. The summed E-state index contributed by atoms with van der Waals surface area (Å²) >= 11 is 0. The third-order valence-corrected chi connectivity index (χ3v) is 3.20. The van der Waals surface area contributed by atoms with E-state index in [1.54, 1.807) is 0 Å². The van der Waals surface area contributed by atoms with Crippen LogP contribution in [0.25, 0.3) is 0 Å². The van der Waals surface area contributed by atoms with Crippen LogP contribution in [0.1, 0.15) is 33.1 Å². The summed E-state index contributed by atoms with van der Waals surface area (Å²) in [5, 5.41) is 9.31. The van der Waals surface area contributed by atoms with Gasteiger partial charge in [0.25, 0.3) is 5.91 Å². The van der Waals surface area contributed by atoms with Crippen molar-refractivity contribution in [3.05, 3.63) is 0 Å². The largest absolute Gasteiger partial charge is 0.349 e. The number of rotatable bonds is 2. The fourth-order valence-electron chi connectivity index (χ4n) is 2.13. The Hall–Kier alpha value is -1.92. The molecule has 98 valence electrons. The van der Waals surface area contributed by atoms with E-state index in [1.165, 1.54) is 0 Å². The molecule has 2 heterocycles. The van der Waals surface area contributed by atoms with Crippen molar-refractivity contribution in [2.45, 2.75) is 44.7 Å². The molecule has 7 nitrogen and oxygen atoms in total. The molecule has 2 aliphatic heterocycles. The van der Waals surface area contributed by atoms with Gasteiger partial charge in [-0.2, -0.15) is 5.10 Å². The first-order valence-electron chi connectivity index (χ1n) is 5.86. The average Bonchev–Trinajstić information content (AvgIpc) is 2.68. The molecular weight excluding hydrogens is 236 g/mol. The Bertz CT molecular complexity index is 442. The minimum absolute atomic E-state index is 0.00530. The van der Waals surface area contributed by atoms with E-state index in [-0.39, 0.29) is 35.9 Å². The van der Waals surface area contributed by atoms with Gasteiger partial charge in [0.1, 0.15) is 5.71 Å². The molecule has 0 aromatic rings. The van der Waals surface area contributed by atoms with Gasteiger partial charge in [-0.1, -0.05) is 0 Å². The Morgan fingerprint density at radius 3 is 2.67 bits per heavy atom. The van der Waals surface area contributed by atoms with Crippen LogP contribution in [0.3, 0.4) is 0 Å². The topological polar surface area (TPSA) is 99.7 Å². The summed E-state index contributed by atoms with van der Waals surface area (Å²) in [7, 11) is 0. The quantitative estimate of drug-likeness (QED) is 0.590. The van der Waals surface area contributed by atoms with Crippen LogP contribution in [-0.2, 0) is 14.4 Å². The van der Waals surface area contributed by atoms with Gasteiger partial charge >= 0.3 is 0 Å². The molecule has 2 aliphatic rings. The van der Waals surface area contributed by atoms with Crippen LogP contribution in [0.15, 0.2) is 5.10 Å². The van der Waals surface area contributed by atoms with Gasteiger partial charge in [-0.25, -0.2) is 5.43 Å². The van der Waals surface area contributed by atoms with Crippen molar-refractivity contribution in [1.82, 2.24) is 16.1 Å². The van der Waals surface area contributed by atoms with E-state index in [9.17, 15) is 14.4 Å². The number of hydrazone groups is 1. The fraction of sp³-hybridized carbons (Fsp3) is 0.636. The molecule has 0 saturated carbocycles. The monoisotopic (exact) mass is 252 g/mol. The lowest BCUT2D eigenvalue weighted by Gasteiger charge is -2.39. The fourth-order valence-corrected chi connectivity index (χ4v) is 2.13. The van der Waals surface area contributed by atoms with Crippen molar-refractivity contribution in [2.75, 3.05) is 0 Å². The molecule has 1 atom stereocenters. The predicted octanol–water partition coefficient (Wildman–Crippen LogP) is -0.964. The van der Waals surface area contributed by atoms with Crippen molar-refractivity contribution in [3.8, 4) is 0 Å². The summed E-state index contributed by atoms with van der Waals surface area (Å²) in [5.74, 6) is -0.653. The Labute approximate surface area is 104 Å². The van der Waals surface area contributed by atoms with Gasteiger partial charge in [-0.05, 0) is 20.3 Å². The highest BCUT2D eigenvalue weighted by Gasteiger charge is 2.37. The van der Waals surface area contributed by atoms with Gasteiger partial charge in [0, 0.05) is 6.42 Å². The van der Waals surface area contributed by atoms with E-state index in [2.05, 4.69) is 21.2 Å². The van der Waals surface area contributed by atoms with Crippen LogP contribution < -0.4 is 16.1 Å². The van der Waals surface area contributed by atoms with Crippen molar-refractivity contribution in [2.24, 2.45) is 5.10 Å². The zero-order valence-electron chi connectivity index (χ0n) is 10.4. The first-order valence-corrected chi connectivity index (χ1v) is 5.86. The third-order valence-electron chi connectivity index (χ3n) is 3.20. The van der Waals surface area contributed by atoms with Crippen LogP contribution in [0.4, 0.5) is 0 Å². The standard InChI is InChI=1S/C11H16N4O3/c1-11(2)7(3-4-8(16)13-11)12-10(18)6-5-9(17)15-14-6/h7H,3-5H2,1-2H3,(H,12,18)(H,13,16)(H,15,17). The molecule has 1 saturated heterocycles. The predicted molar refractivity (Wildman–Crippen MR) is 63.6 cm³/mol. The number of piperidine rings is 1. The SMILES string of the molecule is CC1(C)NC(=O)CCC1NC(=O)C1=NNC(=O)C1. The molecule has 0 aromatic heterocycles. The minimum atomic E-state index is -0.498. The van der Waals surface area contributed by atoms with E-state index in [4.69, 9.17) is 0 Å². The van der Waals surface area contributed by atoms with Crippen LogP contribution >= 0.6 is 0 Å². The van der Waals surface area contributed by atoms with Crippen molar-refractivity contribution in [3.63, 3.8) is 0 Å². The molecule has 0 aromatic carbocycles. The second-order valence-electron chi connectivity index (χ2n) is 5.10. The van der Waals surface area contributed by atoms with Gasteiger partial charge in [0.2, 0.25) is 11.8 Å². The number of carbonyl (C=O) groups excluding carboxylic acids is 3. The Kier molecular flexibility index (Phi) is 3.06. The molecule has 0 aliphatic carbocycles. The lowest BCUT2D eigenvalue weighted by Crippen LogP contribution is -2.62. The number of hydrogen-bond acceptors (Lipinski definition) is 4. The van der Waals surface area contributed by atoms with Crippen molar-refractivity contribution >= 4 is 23.4 Å². The number of hydrogen-bond donors (Lipinski definition) is 3. The maximum Gasteiger partial charge on any atom is 0.268 e. The number of amides is 3. The van der Waals surface area contributed by atoms with Crippen molar-refractivity contribution in [1.29, 1.82) is 0 Å². The van der Waals surface area contributed by atoms with Crippen LogP contribution in [0.5, 0.6) is 0 Å². The van der Waals surface area contributed by atoms with Gasteiger partial charge in [0.15, 0.2) is 0 Å². The molecule has 3 N–H and O–H groups in total. The Balaban J connectivity index is 1.99. The molecule has 2 rings (SSSR count). The second-order valence-corrected chi connectivity index (χ2v) is 5.10. The number of carbonyl (C=O) groups is 3. The second kappa shape index (κ2) is 4.40. The van der Waals surface area contributed by atoms with Gasteiger partial charge in [-0.3, -0.25) is 14.4 Å². The summed E-state index contributed by atoms with van der Waals surface area (Å²) < 4.78 is 0. The molecule has 0 radical (unpaired) electrons. The summed E-state index contributed by atoms with van der Waals surface area (Å²) in [5.41, 5.74) is 1.92. The normalized spacial score (nSPS) is 26.1. The molecule has 7 heteroatoms. The summed E-state index contributed by atoms with van der Waals surface area (Å²) in [6.45, 7) is 3.71. The van der Waals surface area contributed by atoms with E-state index in [1.807, 2.05) is 13.8 Å². The molecule has 18 heavy (non-hydrogen) atoms. The maximum atomic E-state index is 11.9. The third kappa shape index (κ3) is 2.49. The number of nitrogens with zero attached hydrogens (tertiary/aromatic N) is 1. The smallest absolute Gasteiger partial charge is 0.268 e.